The van der Waals surface area contributed by atoms with E-state index in [9.17, 15) is 5.11 Å². The van der Waals surface area contributed by atoms with Crippen molar-refractivity contribution in [2.24, 2.45) is 0 Å². The SMILES string of the molecule is Cc1ccc(CC(C)(O)c2sccc2C)cc1C. The predicted molar refractivity (Wildman–Crippen MR) is 78.2 cm³/mol. The zero-order chi connectivity index (χ0) is 13.3. The van der Waals surface area contributed by atoms with Gasteiger partial charge in [-0.25, -0.2) is 0 Å². The molecule has 0 aliphatic carbocycles. The number of hydrogen-bond acceptors (Lipinski definition) is 2. The number of benzene rings is 1. The molecule has 0 saturated carbocycles. The van der Waals surface area contributed by atoms with Crippen molar-refractivity contribution in [1.82, 2.24) is 0 Å². The lowest BCUT2D eigenvalue weighted by atomic mass is 9.91. The van der Waals surface area contributed by atoms with Crippen LogP contribution in [0.3, 0.4) is 0 Å². The summed E-state index contributed by atoms with van der Waals surface area (Å²) >= 11 is 1.63. The lowest BCUT2D eigenvalue weighted by molar-refractivity contribution is 0.0609. The van der Waals surface area contributed by atoms with Gasteiger partial charge in [-0.3, -0.25) is 0 Å². The fraction of sp³-hybridized carbons (Fsp3) is 0.375. The molecule has 0 bridgehead atoms. The Balaban J connectivity index is 2.27. The summed E-state index contributed by atoms with van der Waals surface area (Å²) in [5.74, 6) is 0. The Kier molecular flexibility index (Phi) is 3.60. The van der Waals surface area contributed by atoms with Gasteiger partial charge in [-0.2, -0.15) is 0 Å². The summed E-state index contributed by atoms with van der Waals surface area (Å²) in [6.07, 6.45) is 0.662. The molecule has 0 radical (unpaired) electrons. The van der Waals surface area contributed by atoms with Gasteiger partial charge in [0.2, 0.25) is 0 Å². The quantitative estimate of drug-likeness (QED) is 0.880. The van der Waals surface area contributed by atoms with E-state index in [1.807, 2.05) is 12.3 Å². The number of aryl methyl sites for hydroxylation is 3. The molecule has 0 spiro atoms. The predicted octanol–water partition coefficient (Wildman–Crippen LogP) is 4.12. The average Bonchev–Trinajstić information content (AvgIpc) is 2.70. The Morgan fingerprint density at radius 1 is 1.06 bits per heavy atom. The van der Waals surface area contributed by atoms with Crippen LogP contribution >= 0.6 is 11.3 Å². The van der Waals surface area contributed by atoms with Crippen molar-refractivity contribution in [1.29, 1.82) is 0 Å². The van der Waals surface area contributed by atoms with Crippen molar-refractivity contribution in [3.8, 4) is 0 Å². The maximum atomic E-state index is 10.7. The van der Waals surface area contributed by atoms with E-state index in [0.29, 0.717) is 6.42 Å². The summed E-state index contributed by atoms with van der Waals surface area (Å²) in [4.78, 5) is 1.07. The van der Waals surface area contributed by atoms with Crippen molar-refractivity contribution in [2.45, 2.75) is 39.7 Å². The van der Waals surface area contributed by atoms with E-state index in [2.05, 4.69) is 45.0 Å². The van der Waals surface area contributed by atoms with Gasteiger partial charge in [0.25, 0.3) is 0 Å². The van der Waals surface area contributed by atoms with Gasteiger partial charge in [-0.1, -0.05) is 18.2 Å². The normalized spacial score (nSPS) is 14.5. The number of thiophene rings is 1. The molecule has 1 heterocycles. The molecule has 0 amide bonds. The second-order valence-corrected chi connectivity index (χ2v) is 6.22. The van der Waals surface area contributed by atoms with Gasteiger partial charge in [-0.15, -0.1) is 11.3 Å². The van der Waals surface area contributed by atoms with Crippen LogP contribution in [-0.2, 0) is 12.0 Å². The molecule has 1 atom stereocenters. The third-order valence-electron chi connectivity index (χ3n) is 3.47. The second kappa shape index (κ2) is 4.87. The first-order valence-electron chi connectivity index (χ1n) is 6.23. The average molecular weight is 260 g/mol. The molecule has 2 rings (SSSR count). The third-order valence-corrected chi connectivity index (χ3v) is 4.74. The van der Waals surface area contributed by atoms with Gasteiger partial charge in [0.05, 0.1) is 0 Å². The van der Waals surface area contributed by atoms with Crippen LogP contribution in [0.25, 0.3) is 0 Å². The van der Waals surface area contributed by atoms with E-state index >= 15 is 0 Å². The molecule has 0 fully saturated rings. The van der Waals surface area contributed by atoms with Crippen LogP contribution in [0.5, 0.6) is 0 Å². The molecule has 1 N–H and O–H groups in total. The Labute approximate surface area is 113 Å². The van der Waals surface area contributed by atoms with Crippen molar-refractivity contribution in [3.05, 3.63) is 56.8 Å². The second-order valence-electron chi connectivity index (χ2n) is 5.30. The van der Waals surface area contributed by atoms with Gasteiger partial charge >= 0.3 is 0 Å². The Morgan fingerprint density at radius 3 is 2.33 bits per heavy atom. The molecule has 1 aromatic carbocycles. The number of aliphatic hydroxyl groups is 1. The molecule has 2 heteroatoms. The molecule has 0 aliphatic rings. The van der Waals surface area contributed by atoms with Gasteiger partial charge in [-0.05, 0) is 61.4 Å². The monoisotopic (exact) mass is 260 g/mol. The van der Waals surface area contributed by atoms with E-state index in [1.165, 1.54) is 22.3 Å². The maximum absolute atomic E-state index is 10.7. The smallest absolute Gasteiger partial charge is 0.100 e. The Bertz CT molecular complexity index is 552. The zero-order valence-corrected chi connectivity index (χ0v) is 12.3. The lowest BCUT2D eigenvalue weighted by Crippen LogP contribution is -2.23. The van der Waals surface area contributed by atoms with E-state index in [0.717, 1.165) is 4.88 Å². The Hall–Kier alpha value is -1.12. The van der Waals surface area contributed by atoms with Crippen LogP contribution in [0.2, 0.25) is 0 Å². The standard InChI is InChI=1S/C16H20OS/c1-11-5-6-14(9-13(11)3)10-16(4,17)15-12(2)7-8-18-15/h5-9,17H,10H2,1-4H3. The lowest BCUT2D eigenvalue weighted by Gasteiger charge is -2.23. The van der Waals surface area contributed by atoms with Gasteiger partial charge in [0, 0.05) is 11.3 Å². The minimum Gasteiger partial charge on any atom is -0.384 e. The van der Waals surface area contributed by atoms with Crippen molar-refractivity contribution < 1.29 is 5.11 Å². The van der Waals surface area contributed by atoms with Crippen molar-refractivity contribution in [2.75, 3.05) is 0 Å². The summed E-state index contributed by atoms with van der Waals surface area (Å²) in [6.45, 7) is 8.19. The summed E-state index contributed by atoms with van der Waals surface area (Å²) < 4.78 is 0. The third kappa shape index (κ3) is 2.65. The van der Waals surface area contributed by atoms with E-state index in [1.54, 1.807) is 11.3 Å². The van der Waals surface area contributed by atoms with Crippen LogP contribution in [0.4, 0.5) is 0 Å². The molecule has 1 nitrogen and oxygen atoms in total. The van der Waals surface area contributed by atoms with Crippen LogP contribution in [0, 0.1) is 20.8 Å². The molecule has 2 aromatic rings. The highest BCUT2D eigenvalue weighted by molar-refractivity contribution is 7.10. The van der Waals surface area contributed by atoms with Gasteiger partial charge in [0.1, 0.15) is 5.60 Å². The summed E-state index contributed by atoms with van der Waals surface area (Å²) in [7, 11) is 0. The first kappa shape index (κ1) is 13.3. The van der Waals surface area contributed by atoms with Crippen LogP contribution in [-0.4, -0.2) is 5.11 Å². The van der Waals surface area contributed by atoms with Crippen molar-refractivity contribution >= 4 is 11.3 Å². The zero-order valence-electron chi connectivity index (χ0n) is 11.4. The molecule has 0 saturated heterocycles. The van der Waals surface area contributed by atoms with Gasteiger partial charge < -0.3 is 5.11 Å². The Morgan fingerprint density at radius 2 is 1.78 bits per heavy atom. The highest BCUT2D eigenvalue weighted by Gasteiger charge is 2.26. The van der Waals surface area contributed by atoms with E-state index in [-0.39, 0.29) is 0 Å². The molecule has 1 unspecified atom stereocenters. The van der Waals surface area contributed by atoms with Crippen LogP contribution < -0.4 is 0 Å². The topological polar surface area (TPSA) is 20.2 Å². The number of rotatable bonds is 3. The van der Waals surface area contributed by atoms with Crippen molar-refractivity contribution in [3.63, 3.8) is 0 Å². The number of hydrogen-bond donors (Lipinski definition) is 1. The minimum atomic E-state index is -0.778. The summed E-state index contributed by atoms with van der Waals surface area (Å²) in [5.41, 5.74) is 4.17. The first-order valence-corrected chi connectivity index (χ1v) is 7.11. The minimum absolute atomic E-state index is 0.662. The van der Waals surface area contributed by atoms with E-state index < -0.39 is 5.60 Å². The van der Waals surface area contributed by atoms with Crippen LogP contribution in [0.1, 0.15) is 34.1 Å². The summed E-state index contributed by atoms with van der Waals surface area (Å²) in [5, 5.41) is 12.7. The summed E-state index contributed by atoms with van der Waals surface area (Å²) in [6, 6.07) is 8.48. The highest BCUT2D eigenvalue weighted by Crippen LogP contribution is 2.32. The largest absolute Gasteiger partial charge is 0.384 e. The fourth-order valence-corrected chi connectivity index (χ4v) is 3.30. The first-order chi connectivity index (χ1) is 8.40. The van der Waals surface area contributed by atoms with Gasteiger partial charge in [0.15, 0.2) is 0 Å². The molecule has 1 aromatic heterocycles. The molecular weight excluding hydrogens is 240 g/mol. The fourth-order valence-electron chi connectivity index (χ4n) is 2.32. The molecule has 0 aliphatic heterocycles. The van der Waals surface area contributed by atoms with E-state index in [4.69, 9.17) is 0 Å². The highest BCUT2D eigenvalue weighted by atomic mass is 32.1. The molecule has 18 heavy (non-hydrogen) atoms. The maximum Gasteiger partial charge on any atom is 0.100 e. The molecular formula is C16H20OS. The van der Waals surface area contributed by atoms with Crippen LogP contribution in [0.15, 0.2) is 29.6 Å². The molecule has 96 valence electrons.